The standard InChI is InChI=1S/C22H20N4O2S.C13H10ClN3S/c1-2-15-12-16-20(24-10-8-14-6-7-18-19(11-14)28-13-27-18)25-21(26-22(16)29-15)17-5-3-4-9-23-17;1-2-8-7-9-11(14)16-12(17-13(9)18-8)10-5-3-4-6-15-10/h3-7,9,11-12H,2,8,10,13H2,1H3,(H,24,25,26);3-7H,2H2,1H3. The minimum Gasteiger partial charge on any atom is -0.454 e. The van der Waals surface area contributed by atoms with Crippen LogP contribution in [0.15, 0.2) is 79.1 Å². The van der Waals surface area contributed by atoms with Crippen LogP contribution in [0, 0.1) is 0 Å². The van der Waals surface area contributed by atoms with Gasteiger partial charge in [0.1, 0.15) is 32.0 Å². The molecule has 0 spiro atoms. The molecule has 0 saturated heterocycles. The number of halogens is 1. The number of pyridine rings is 2. The van der Waals surface area contributed by atoms with E-state index in [4.69, 9.17) is 31.0 Å². The number of benzene rings is 1. The fourth-order valence-electron chi connectivity index (χ4n) is 5.03. The molecule has 8 rings (SSSR count). The molecule has 47 heavy (non-hydrogen) atoms. The third-order valence-electron chi connectivity index (χ3n) is 7.47. The maximum atomic E-state index is 6.21. The Bertz CT molecular complexity index is 2160. The molecule has 0 unspecified atom stereocenters. The molecule has 1 N–H and O–H groups in total. The Morgan fingerprint density at radius 1 is 0.723 bits per heavy atom. The molecule has 1 aromatic carbocycles. The van der Waals surface area contributed by atoms with Gasteiger partial charge in [0, 0.05) is 34.1 Å². The van der Waals surface area contributed by atoms with Crippen LogP contribution in [0.3, 0.4) is 0 Å². The predicted molar refractivity (Wildman–Crippen MR) is 190 cm³/mol. The molecule has 0 fully saturated rings. The Morgan fingerprint density at radius 2 is 1.36 bits per heavy atom. The third-order valence-corrected chi connectivity index (χ3v) is 10.1. The average Bonchev–Trinajstić information content (AvgIpc) is 3.87. The van der Waals surface area contributed by atoms with Crippen molar-refractivity contribution in [3.63, 3.8) is 0 Å². The van der Waals surface area contributed by atoms with Crippen molar-refractivity contribution in [2.24, 2.45) is 0 Å². The Labute approximate surface area is 284 Å². The number of rotatable bonds is 8. The third kappa shape index (κ3) is 6.87. The molecular formula is C35H30ClN7O2S2. The molecule has 0 bridgehead atoms. The zero-order valence-electron chi connectivity index (χ0n) is 25.7. The van der Waals surface area contributed by atoms with E-state index in [9.17, 15) is 0 Å². The monoisotopic (exact) mass is 679 g/mol. The number of nitrogens with zero attached hydrogens (tertiary/aromatic N) is 6. The van der Waals surface area contributed by atoms with Crippen LogP contribution in [-0.4, -0.2) is 43.2 Å². The molecule has 7 aromatic rings. The first-order valence-electron chi connectivity index (χ1n) is 15.3. The van der Waals surface area contributed by atoms with Gasteiger partial charge < -0.3 is 14.8 Å². The average molecular weight is 680 g/mol. The number of aryl methyl sites for hydroxylation is 2. The van der Waals surface area contributed by atoms with Crippen molar-refractivity contribution in [1.29, 1.82) is 0 Å². The lowest BCUT2D eigenvalue weighted by Crippen LogP contribution is -2.08. The van der Waals surface area contributed by atoms with Gasteiger partial charge in [0.05, 0.1) is 5.39 Å². The lowest BCUT2D eigenvalue weighted by molar-refractivity contribution is 0.174. The number of ether oxygens (including phenoxy) is 2. The SMILES string of the molecule is CCc1cc2c(Cl)nc(-c3ccccn3)nc2s1.CCc1cc2c(NCCc3ccc4c(c3)OCO4)nc(-c3ccccn3)nc2s1. The minimum atomic E-state index is 0.296. The lowest BCUT2D eigenvalue weighted by atomic mass is 10.1. The van der Waals surface area contributed by atoms with Crippen molar-refractivity contribution in [2.45, 2.75) is 33.1 Å². The Hall–Kier alpha value is -4.71. The molecule has 1 aliphatic heterocycles. The van der Waals surface area contributed by atoms with Gasteiger partial charge in [0.2, 0.25) is 6.79 Å². The van der Waals surface area contributed by atoms with E-state index in [-0.39, 0.29) is 0 Å². The van der Waals surface area contributed by atoms with Crippen LogP contribution >= 0.6 is 34.3 Å². The highest BCUT2D eigenvalue weighted by Gasteiger charge is 2.15. The van der Waals surface area contributed by atoms with Gasteiger partial charge in [-0.3, -0.25) is 9.97 Å². The quantitative estimate of drug-likeness (QED) is 0.158. The van der Waals surface area contributed by atoms with Crippen LogP contribution in [0.25, 0.3) is 43.5 Å². The smallest absolute Gasteiger partial charge is 0.231 e. The summed E-state index contributed by atoms with van der Waals surface area (Å²) in [7, 11) is 0. The highest BCUT2D eigenvalue weighted by Crippen LogP contribution is 2.34. The second-order valence-corrected chi connectivity index (χ2v) is 13.2. The summed E-state index contributed by atoms with van der Waals surface area (Å²) in [5, 5.41) is 6.00. The molecule has 0 aliphatic carbocycles. The van der Waals surface area contributed by atoms with Crippen LogP contribution in [-0.2, 0) is 19.3 Å². The van der Waals surface area contributed by atoms with E-state index in [1.54, 1.807) is 35.1 Å². The van der Waals surface area contributed by atoms with Crippen molar-refractivity contribution in [1.82, 2.24) is 29.9 Å². The van der Waals surface area contributed by atoms with Crippen LogP contribution in [0.5, 0.6) is 11.5 Å². The Kier molecular flexibility index (Phi) is 9.18. The highest BCUT2D eigenvalue weighted by molar-refractivity contribution is 7.19. The second-order valence-electron chi connectivity index (χ2n) is 10.6. The van der Waals surface area contributed by atoms with Gasteiger partial charge in [-0.05, 0) is 73.4 Å². The summed E-state index contributed by atoms with van der Waals surface area (Å²) >= 11 is 9.58. The molecule has 9 nitrogen and oxygen atoms in total. The van der Waals surface area contributed by atoms with E-state index >= 15 is 0 Å². The van der Waals surface area contributed by atoms with Gasteiger partial charge in [0.25, 0.3) is 0 Å². The molecule has 0 amide bonds. The van der Waals surface area contributed by atoms with Crippen molar-refractivity contribution in [3.8, 4) is 34.5 Å². The maximum absolute atomic E-state index is 6.21. The fraction of sp³-hybridized carbons (Fsp3) is 0.200. The molecule has 0 radical (unpaired) electrons. The number of aromatic nitrogens is 6. The Balaban J connectivity index is 0.000000167. The number of hydrogen-bond acceptors (Lipinski definition) is 11. The number of hydrogen-bond donors (Lipinski definition) is 1. The molecular weight excluding hydrogens is 650 g/mol. The van der Waals surface area contributed by atoms with E-state index in [0.717, 1.165) is 74.9 Å². The van der Waals surface area contributed by atoms with E-state index in [0.29, 0.717) is 23.6 Å². The largest absolute Gasteiger partial charge is 0.454 e. The normalized spacial score (nSPS) is 11.9. The summed E-state index contributed by atoms with van der Waals surface area (Å²) in [6.07, 6.45) is 6.31. The van der Waals surface area contributed by atoms with Crippen LogP contribution in [0.1, 0.15) is 29.2 Å². The topological polar surface area (TPSA) is 108 Å². The van der Waals surface area contributed by atoms with Gasteiger partial charge in [-0.25, -0.2) is 19.9 Å². The molecule has 1 aliphatic rings. The van der Waals surface area contributed by atoms with Crippen molar-refractivity contribution in [2.75, 3.05) is 18.7 Å². The van der Waals surface area contributed by atoms with E-state index in [1.807, 2.05) is 48.5 Å². The number of fused-ring (bicyclic) bond motifs is 3. The maximum Gasteiger partial charge on any atom is 0.231 e. The summed E-state index contributed by atoms with van der Waals surface area (Å²) in [6, 6.07) is 21.8. The lowest BCUT2D eigenvalue weighted by Gasteiger charge is -2.09. The Morgan fingerprint density at radius 3 is 2.02 bits per heavy atom. The van der Waals surface area contributed by atoms with E-state index < -0.39 is 0 Å². The van der Waals surface area contributed by atoms with Crippen molar-refractivity contribution < 1.29 is 9.47 Å². The predicted octanol–water partition coefficient (Wildman–Crippen LogP) is 8.67. The molecule has 12 heteroatoms. The summed E-state index contributed by atoms with van der Waals surface area (Å²) in [6.45, 7) is 5.32. The van der Waals surface area contributed by atoms with Gasteiger partial charge in [-0.15, -0.1) is 22.7 Å². The van der Waals surface area contributed by atoms with Crippen LogP contribution in [0.2, 0.25) is 5.15 Å². The number of anilines is 1. The van der Waals surface area contributed by atoms with Gasteiger partial charge in [-0.1, -0.05) is 43.6 Å². The molecule has 0 atom stereocenters. The zero-order chi connectivity index (χ0) is 32.2. The van der Waals surface area contributed by atoms with Gasteiger partial charge in [0.15, 0.2) is 23.1 Å². The summed E-state index contributed by atoms with van der Waals surface area (Å²) in [4.78, 5) is 31.5. The van der Waals surface area contributed by atoms with Crippen LogP contribution in [0.4, 0.5) is 5.82 Å². The van der Waals surface area contributed by atoms with E-state index in [2.05, 4.69) is 57.3 Å². The first kappa shape index (κ1) is 30.9. The zero-order valence-corrected chi connectivity index (χ0v) is 28.1. The summed E-state index contributed by atoms with van der Waals surface area (Å²) in [5.41, 5.74) is 2.71. The minimum absolute atomic E-state index is 0.296. The highest BCUT2D eigenvalue weighted by atomic mass is 35.5. The van der Waals surface area contributed by atoms with Crippen molar-refractivity contribution in [3.05, 3.63) is 99.6 Å². The molecule has 7 heterocycles. The van der Waals surface area contributed by atoms with E-state index in [1.165, 1.54) is 15.3 Å². The number of thiophene rings is 2. The molecule has 236 valence electrons. The summed E-state index contributed by atoms with van der Waals surface area (Å²) in [5.74, 6) is 3.71. The van der Waals surface area contributed by atoms with Crippen LogP contribution < -0.4 is 14.8 Å². The van der Waals surface area contributed by atoms with Crippen molar-refractivity contribution >= 4 is 60.5 Å². The first-order chi connectivity index (χ1) is 23.1. The second kappa shape index (κ2) is 14.0. The molecule has 6 aromatic heterocycles. The fourth-order valence-corrected chi connectivity index (χ4v) is 7.25. The summed E-state index contributed by atoms with van der Waals surface area (Å²) < 4.78 is 10.9. The molecule has 0 saturated carbocycles. The first-order valence-corrected chi connectivity index (χ1v) is 17.3. The van der Waals surface area contributed by atoms with Gasteiger partial charge >= 0.3 is 0 Å². The van der Waals surface area contributed by atoms with Gasteiger partial charge in [-0.2, -0.15) is 0 Å². The number of nitrogens with one attached hydrogen (secondary N) is 1.